The lowest BCUT2D eigenvalue weighted by Gasteiger charge is -2.10. The molecule has 0 aromatic heterocycles. The topological polar surface area (TPSA) is 79.2 Å². The monoisotopic (exact) mass is 314 g/mol. The minimum absolute atomic E-state index is 0.111. The molecule has 0 aliphatic heterocycles. The molecule has 0 bridgehead atoms. The molecule has 19 heavy (non-hydrogen) atoms. The molecule has 0 fully saturated rings. The molecule has 10 heteroatoms. The first-order chi connectivity index (χ1) is 8.65. The maximum atomic E-state index is 11.8. The van der Waals surface area contributed by atoms with E-state index < -0.39 is 27.7 Å². The molecule has 0 saturated carbocycles. The fourth-order valence-electron chi connectivity index (χ4n) is 1.02. The molecule has 1 aromatic carbocycles. The number of nitrogens with zero attached hydrogens (tertiary/aromatic N) is 1. The van der Waals surface area contributed by atoms with Gasteiger partial charge in [0.05, 0.1) is 16.7 Å². The number of benzene rings is 1. The average molecular weight is 315 g/mol. The number of halogens is 4. The standard InChI is InChI=1S/C9H6ClF3N2O3S/c10-7-3-6(4-14)1-2-8(7)19(16,17)15-18-5-9(11,12)13/h1-3,15H,5H2. The molecule has 1 N–H and O–H groups in total. The van der Waals surface area contributed by atoms with Crippen molar-refractivity contribution in [3.8, 4) is 6.07 Å². The number of hydrogen-bond acceptors (Lipinski definition) is 4. The second kappa shape index (κ2) is 5.75. The Morgan fingerprint density at radius 1 is 1.42 bits per heavy atom. The van der Waals surface area contributed by atoms with Gasteiger partial charge in [-0.05, 0) is 18.2 Å². The summed E-state index contributed by atoms with van der Waals surface area (Å²) in [5.41, 5.74) is 0.111. The Morgan fingerprint density at radius 3 is 2.53 bits per heavy atom. The summed E-state index contributed by atoms with van der Waals surface area (Å²) in [5, 5.41) is 8.26. The van der Waals surface area contributed by atoms with Gasteiger partial charge in [0.15, 0.2) is 6.61 Å². The van der Waals surface area contributed by atoms with Crippen molar-refractivity contribution in [3.05, 3.63) is 28.8 Å². The van der Waals surface area contributed by atoms with Crippen molar-refractivity contribution in [2.45, 2.75) is 11.1 Å². The van der Waals surface area contributed by atoms with Crippen molar-refractivity contribution in [3.63, 3.8) is 0 Å². The van der Waals surface area contributed by atoms with E-state index >= 15 is 0 Å². The van der Waals surface area contributed by atoms with Gasteiger partial charge in [-0.25, -0.2) is 8.42 Å². The maximum Gasteiger partial charge on any atom is 0.413 e. The van der Waals surface area contributed by atoms with E-state index in [0.717, 1.165) is 18.2 Å². The lowest BCUT2D eigenvalue weighted by Crippen LogP contribution is -2.29. The molecule has 0 saturated heterocycles. The number of nitriles is 1. The van der Waals surface area contributed by atoms with E-state index in [2.05, 4.69) is 4.84 Å². The summed E-state index contributed by atoms with van der Waals surface area (Å²) in [6.45, 7) is -1.78. The van der Waals surface area contributed by atoms with Crippen LogP contribution < -0.4 is 4.89 Å². The van der Waals surface area contributed by atoms with Crippen molar-refractivity contribution < 1.29 is 26.4 Å². The molecule has 0 heterocycles. The zero-order chi connectivity index (χ0) is 14.7. The molecule has 0 spiro atoms. The van der Waals surface area contributed by atoms with Crippen molar-refractivity contribution in [2.24, 2.45) is 0 Å². The van der Waals surface area contributed by atoms with E-state index in [0.29, 0.717) is 0 Å². The van der Waals surface area contributed by atoms with Crippen LogP contribution in [-0.4, -0.2) is 21.2 Å². The zero-order valence-electron chi connectivity index (χ0n) is 9.03. The van der Waals surface area contributed by atoms with Crippen LogP contribution in [0.15, 0.2) is 23.1 Å². The van der Waals surface area contributed by atoms with E-state index in [9.17, 15) is 21.6 Å². The molecule has 1 aromatic rings. The summed E-state index contributed by atoms with van der Waals surface area (Å²) in [5.74, 6) is 0. The Labute approximate surface area is 111 Å². The summed E-state index contributed by atoms with van der Waals surface area (Å²) in [6, 6.07) is 4.94. The highest BCUT2D eigenvalue weighted by atomic mass is 35.5. The first-order valence-electron chi connectivity index (χ1n) is 4.56. The third-order valence-electron chi connectivity index (χ3n) is 1.75. The van der Waals surface area contributed by atoms with Crippen LogP contribution in [0.3, 0.4) is 0 Å². The fourth-order valence-corrected chi connectivity index (χ4v) is 2.37. The van der Waals surface area contributed by atoms with Crippen LogP contribution in [0.4, 0.5) is 13.2 Å². The Balaban J connectivity index is 2.87. The quantitative estimate of drug-likeness (QED) is 0.862. The maximum absolute atomic E-state index is 11.8. The zero-order valence-corrected chi connectivity index (χ0v) is 10.6. The first kappa shape index (κ1) is 15.7. The largest absolute Gasteiger partial charge is 0.413 e. The Kier molecular flexibility index (Phi) is 4.75. The highest BCUT2D eigenvalue weighted by Crippen LogP contribution is 2.22. The second-order valence-corrected chi connectivity index (χ2v) is 5.27. The predicted molar refractivity (Wildman–Crippen MR) is 58.5 cm³/mol. The van der Waals surface area contributed by atoms with Crippen LogP contribution in [0, 0.1) is 11.3 Å². The highest BCUT2D eigenvalue weighted by molar-refractivity contribution is 7.89. The Morgan fingerprint density at radius 2 is 2.05 bits per heavy atom. The van der Waals surface area contributed by atoms with Crippen LogP contribution in [0.2, 0.25) is 5.02 Å². The number of sulfonamides is 1. The lowest BCUT2D eigenvalue weighted by atomic mass is 10.2. The van der Waals surface area contributed by atoms with Crippen LogP contribution in [0.1, 0.15) is 5.56 Å². The van der Waals surface area contributed by atoms with Crippen molar-refractivity contribution in [1.82, 2.24) is 4.89 Å². The van der Waals surface area contributed by atoms with Crippen molar-refractivity contribution in [1.29, 1.82) is 5.26 Å². The molecule has 0 aliphatic rings. The normalized spacial score (nSPS) is 12.2. The van der Waals surface area contributed by atoms with E-state index in [1.807, 2.05) is 0 Å². The number of alkyl halides is 3. The van der Waals surface area contributed by atoms with Gasteiger partial charge in [-0.1, -0.05) is 16.5 Å². The summed E-state index contributed by atoms with van der Waals surface area (Å²) >= 11 is 5.61. The van der Waals surface area contributed by atoms with Crippen LogP contribution in [0.25, 0.3) is 0 Å². The molecule has 0 atom stereocenters. The van der Waals surface area contributed by atoms with Gasteiger partial charge in [0.25, 0.3) is 10.0 Å². The number of hydrogen-bond donors (Lipinski definition) is 1. The van der Waals surface area contributed by atoms with E-state index in [4.69, 9.17) is 16.9 Å². The van der Waals surface area contributed by atoms with Gasteiger partial charge < -0.3 is 0 Å². The van der Waals surface area contributed by atoms with E-state index in [-0.39, 0.29) is 10.6 Å². The van der Waals surface area contributed by atoms with Gasteiger partial charge in [0.1, 0.15) is 4.90 Å². The molecule has 0 aliphatic carbocycles. The Bertz CT molecular complexity index is 610. The van der Waals surface area contributed by atoms with Gasteiger partial charge in [0, 0.05) is 0 Å². The summed E-state index contributed by atoms with van der Waals surface area (Å²) in [6.07, 6.45) is -4.67. The van der Waals surface area contributed by atoms with E-state index in [1.54, 1.807) is 6.07 Å². The second-order valence-electron chi connectivity index (χ2n) is 3.25. The molecule has 104 valence electrons. The smallest absolute Gasteiger partial charge is 0.277 e. The predicted octanol–water partition coefficient (Wildman–Crippen LogP) is 1.98. The van der Waals surface area contributed by atoms with Crippen molar-refractivity contribution in [2.75, 3.05) is 6.61 Å². The first-order valence-corrected chi connectivity index (χ1v) is 6.42. The average Bonchev–Trinajstić information content (AvgIpc) is 2.26. The van der Waals surface area contributed by atoms with Gasteiger partial charge in [-0.2, -0.15) is 18.4 Å². The molecule has 0 amide bonds. The summed E-state index contributed by atoms with van der Waals surface area (Å²) in [7, 11) is -4.35. The van der Waals surface area contributed by atoms with Gasteiger partial charge >= 0.3 is 6.18 Å². The lowest BCUT2D eigenvalue weighted by molar-refractivity contribution is -0.181. The molecular formula is C9H6ClF3N2O3S. The summed E-state index contributed by atoms with van der Waals surface area (Å²) < 4.78 is 58.5. The molecular weight excluding hydrogens is 309 g/mol. The minimum Gasteiger partial charge on any atom is -0.277 e. The molecule has 5 nitrogen and oxygen atoms in total. The molecule has 1 rings (SSSR count). The minimum atomic E-state index is -4.67. The molecule has 0 radical (unpaired) electrons. The van der Waals surface area contributed by atoms with Crippen LogP contribution >= 0.6 is 11.6 Å². The van der Waals surface area contributed by atoms with Crippen LogP contribution in [-0.2, 0) is 14.9 Å². The van der Waals surface area contributed by atoms with Gasteiger partial charge in [-0.3, -0.25) is 4.84 Å². The van der Waals surface area contributed by atoms with Crippen LogP contribution in [0.5, 0.6) is 0 Å². The van der Waals surface area contributed by atoms with Crippen molar-refractivity contribution >= 4 is 21.6 Å². The molecule has 0 unspecified atom stereocenters. The third-order valence-corrected chi connectivity index (χ3v) is 3.45. The van der Waals surface area contributed by atoms with E-state index in [1.165, 1.54) is 4.89 Å². The van der Waals surface area contributed by atoms with Gasteiger partial charge in [0.2, 0.25) is 0 Å². The SMILES string of the molecule is N#Cc1ccc(S(=O)(=O)NOCC(F)(F)F)c(Cl)c1. The van der Waals surface area contributed by atoms with Gasteiger partial charge in [-0.15, -0.1) is 0 Å². The highest BCUT2D eigenvalue weighted by Gasteiger charge is 2.29. The third kappa shape index (κ3) is 4.68. The summed E-state index contributed by atoms with van der Waals surface area (Å²) in [4.78, 5) is 4.65. The number of rotatable bonds is 4. The fraction of sp³-hybridized carbons (Fsp3) is 0.222. The Hall–Kier alpha value is -1.34. The number of nitrogens with one attached hydrogen (secondary N) is 1.